The first-order valence-corrected chi connectivity index (χ1v) is 34.7. The minimum atomic E-state index is 0. The zero-order valence-corrected chi connectivity index (χ0v) is 62.5. The Balaban J connectivity index is 0.000000125. The van der Waals surface area contributed by atoms with Crippen molar-refractivity contribution in [2.75, 3.05) is 0 Å². The number of halogens is 1. The molecule has 18 rings (SSSR count). The van der Waals surface area contributed by atoms with Crippen molar-refractivity contribution < 1.29 is 35.3 Å². The molecule has 9 aromatic carbocycles. The number of pyridine rings is 3. The molecule has 0 amide bonds. The molecular formula is C87H71BrN12O3Pt. The maximum Gasteiger partial charge on any atom is 2.00 e. The molecule has 18 aromatic rings. The van der Waals surface area contributed by atoms with Crippen LogP contribution in [0.2, 0.25) is 0 Å². The van der Waals surface area contributed by atoms with Gasteiger partial charge >= 0.3 is 21.1 Å². The maximum absolute atomic E-state index is 6.33. The first-order valence-electron chi connectivity index (χ1n) is 33.9. The van der Waals surface area contributed by atoms with Crippen molar-refractivity contribution in [2.45, 2.75) is 62.3 Å². The Morgan fingerprint density at radius 3 is 1.38 bits per heavy atom. The fourth-order valence-electron chi connectivity index (χ4n) is 13.0. The van der Waals surface area contributed by atoms with Gasteiger partial charge in [-0.3, -0.25) is 9.25 Å². The molecule has 0 atom stereocenters. The van der Waals surface area contributed by atoms with Crippen molar-refractivity contribution in [1.29, 1.82) is 0 Å². The summed E-state index contributed by atoms with van der Waals surface area (Å²) >= 11 is 3.23. The Bertz CT molecular complexity index is 5850. The number of fused-ring (bicyclic) bond motifs is 9. The van der Waals surface area contributed by atoms with E-state index in [2.05, 4.69) is 203 Å². The predicted octanol–water partition coefficient (Wildman–Crippen LogP) is 21.8. The van der Waals surface area contributed by atoms with Gasteiger partial charge in [0, 0.05) is 104 Å². The molecule has 9 heterocycles. The van der Waals surface area contributed by atoms with Crippen molar-refractivity contribution in [3.8, 4) is 63.2 Å². The molecule has 0 spiro atoms. The van der Waals surface area contributed by atoms with Crippen LogP contribution in [0.25, 0.3) is 94.1 Å². The van der Waals surface area contributed by atoms with Crippen LogP contribution >= 0.6 is 15.9 Å². The summed E-state index contributed by atoms with van der Waals surface area (Å²) in [5, 5.41) is 20.8. The monoisotopic (exact) mass is 1610 g/mol. The number of hydrogen-bond acceptors (Lipinski definition) is 9. The standard InChI is InChI=1S/C29H24N4O.C29H22N4O.C23H19N3O.C6H6BrN.Pt/c2*1-19-11-14-29(30-18-19)32-27-10-5-4-9-25(27)26-13-12-24(17-28(26)32)34-23-8-6-7-22(16-23)33-21(3)15-20(2)31-33;1-15-12-16(2)26(25-15)17-6-5-7-18(13-17)27-19-10-11-21-20-8-3-4-9-22(20)24-23(21)14-19;1-5-2-3-6(7)8-4-5;/h4-18H,1-3H3;4-15,18H,1-3H3;3-14,24H,1-2H3;2-4H,1H3;/q;-2;;;+2. The first-order chi connectivity index (χ1) is 50.1. The number of aromatic nitrogens is 12. The maximum atomic E-state index is 6.33. The van der Waals surface area contributed by atoms with Gasteiger partial charge in [-0.25, -0.2) is 24.3 Å². The van der Waals surface area contributed by atoms with E-state index in [0.717, 1.165) is 145 Å². The molecule has 0 saturated heterocycles. The number of H-pyrrole nitrogens is 1. The summed E-state index contributed by atoms with van der Waals surface area (Å²) in [6, 6.07) is 88.5. The van der Waals surface area contributed by atoms with Crippen LogP contribution in [0.1, 0.15) is 50.9 Å². The molecule has 0 saturated carbocycles. The Morgan fingerprint density at radius 2 is 0.817 bits per heavy atom. The smallest absolute Gasteiger partial charge is 0.509 e. The first kappa shape index (κ1) is 69.1. The topological polar surface area (TPSA) is 145 Å². The number of hydrogen-bond donors (Lipinski definition) is 1. The Morgan fingerprint density at radius 1 is 0.346 bits per heavy atom. The average molecular weight is 1610 g/mol. The van der Waals surface area contributed by atoms with Gasteiger partial charge in [0.25, 0.3) is 0 Å². The van der Waals surface area contributed by atoms with Crippen molar-refractivity contribution in [3.63, 3.8) is 0 Å². The molecule has 0 aliphatic heterocycles. The normalized spacial score (nSPS) is 11.1. The predicted molar refractivity (Wildman–Crippen MR) is 416 cm³/mol. The molecule has 104 heavy (non-hydrogen) atoms. The summed E-state index contributed by atoms with van der Waals surface area (Å²) in [4.78, 5) is 16.8. The van der Waals surface area contributed by atoms with Gasteiger partial charge in [0.2, 0.25) is 0 Å². The number of benzene rings is 9. The number of aromatic amines is 1. The summed E-state index contributed by atoms with van der Waals surface area (Å²) in [6.45, 7) is 18.2. The van der Waals surface area contributed by atoms with Crippen LogP contribution in [-0.2, 0) is 21.1 Å². The van der Waals surface area contributed by atoms with Crippen LogP contribution in [0.4, 0.5) is 0 Å². The minimum Gasteiger partial charge on any atom is -0.509 e. The van der Waals surface area contributed by atoms with Gasteiger partial charge in [-0.2, -0.15) is 27.4 Å². The van der Waals surface area contributed by atoms with Crippen LogP contribution < -0.4 is 14.2 Å². The van der Waals surface area contributed by atoms with Crippen LogP contribution in [0.5, 0.6) is 34.5 Å². The molecule has 15 nitrogen and oxygen atoms in total. The van der Waals surface area contributed by atoms with E-state index in [1.165, 1.54) is 27.1 Å². The number of nitrogens with one attached hydrogen (secondary N) is 1. The second kappa shape index (κ2) is 29.9. The van der Waals surface area contributed by atoms with E-state index < -0.39 is 0 Å². The molecular weight excluding hydrogens is 1540 g/mol. The Labute approximate surface area is 625 Å². The number of rotatable bonds is 11. The van der Waals surface area contributed by atoms with Gasteiger partial charge < -0.3 is 23.8 Å². The fourth-order valence-corrected chi connectivity index (χ4v) is 13.2. The van der Waals surface area contributed by atoms with Crippen LogP contribution in [0, 0.1) is 74.4 Å². The fraction of sp³-hybridized carbons (Fsp3) is 0.103. The molecule has 1 N–H and O–H groups in total. The van der Waals surface area contributed by atoms with Crippen molar-refractivity contribution >= 4 is 81.3 Å². The van der Waals surface area contributed by atoms with E-state index in [4.69, 9.17) is 19.2 Å². The molecule has 17 heteroatoms. The molecule has 514 valence electrons. The average Bonchev–Trinajstić information content (AvgIpc) is 1.60. The summed E-state index contributed by atoms with van der Waals surface area (Å²) < 4.78 is 29.6. The van der Waals surface area contributed by atoms with E-state index >= 15 is 0 Å². The zero-order chi connectivity index (χ0) is 70.8. The quantitative estimate of drug-likeness (QED) is 0.0988. The number of aryl methyl sites for hydroxylation is 9. The molecule has 0 radical (unpaired) electrons. The molecule has 0 fully saturated rings. The number of nitrogens with zero attached hydrogens (tertiary/aromatic N) is 11. The van der Waals surface area contributed by atoms with Crippen LogP contribution in [0.15, 0.2) is 266 Å². The zero-order valence-electron chi connectivity index (χ0n) is 58.7. The largest absolute Gasteiger partial charge is 2.00 e. The van der Waals surface area contributed by atoms with Crippen molar-refractivity contribution in [3.05, 3.63) is 329 Å². The van der Waals surface area contributed by atoms with E-state index in [9.17, 15) is 0 Å². The van der Waals surface area contributed by atoms with Gasteiger partial charge in [0.05, 0.1) is 45.0 Å². The van der Waals surface area contributed by atoms with E-state index in [0.29, 0.717) is 11.5 Å². The van der Waals surface area contributed by atoms with E-state index in [-0.39, 0.29) is 21.1 Å². The molecule has 0 aliphatic rings. The van der Waals surface area contributed by atoms with Crippen molar-refractivity contribution in [2.24, 2.45) is 0 Å². The van der Waals surface area contributed by atoms with Crippen LogP contribution in [0.3, 0.4) is 0 Å². The third-order valence-electron chi connectivity index (χ3n) is 17.6. The summed E-state index contributed by atoms with van der Waals surface area (Å²) in [6.07, 6.45) is 5.61. The summed E-state index contributed by atoms with van der Waals surface area (Å²) in [5.41, 5.74) is 18.8. The third kappa shape index (κ3) is 14.7. The molecule has 0 aliphatic carbocycles. The Kier molecular flexibility index (Phi) is 19.9. The van der Waals surface area contributed by atoms with Gasteiger partial charge in [0.1, 0.15) is 39.2 Å². The summed E-state index contributed by atoms with van der Waals surface area (Å²) in [5.74, 6) is 6.09. The van der Waals surface area contributed by atoms with Gasteiger partial charge in [0.15, 0.2) is 0 Å². The van der Waals surface area contributed by atoms with E-state index in [1.54, 1.807) is 0 Å². The number of para-hydroxylation sites is 3. The third-order valence-corrected chi connectivity index (χ3v) is 18.1. The van der Waals surface area contributed by atoms with Crippen LogP contribution in [-0.4, -0.2) is 58.4 Å². The molecule has 0 bridgehead atoms. The van der Waals surface area contributed by atoms with Gasteiger partial charge in [-0.05, 0) is 209 Å². The molecule has 9 aromatic heterocycles. The van der Waals surface area contributed by atoms with E-state index in [1.807, 2.05) is 202 Å². The second-order valence-corrected chi connectivity index (χ2v) is 26.4. The SMILES string of the molecule is Cc1cc(C)n(-c2cccc(Oc3ccc4c(c3)[nH]c3ccccc34)c2)n1.Cc1ccc(-n2c3[c-]c(Oc4[c-]c(-n5nc(C)cc5C)ccc4)ccc3c3ccccc32)nc1.Cc1ccc(-n2c3ccccc3c3ccc(Oc4cccc(-n5nc(C)cc5C)c4)cc32)nc1.Cc1ccc(Br)nc1.[Pt+2]. The molecule has 0 unspecified atom stereocenters. The number of ether oxygens (including phenoxy) is 3. The van der Waals surface area contributed by atoms with Gasteiger partial charge in [-0.15, -0.1) is 35.7 Å². The second-order valence-electron chi connectivity index (χ2n) is 25.6. The Hall–Kier alpha value is -12.0. The van der Waals surface area contributed by atoms with Gasteiger partial charge in [-0.1, -0.05) is 90.4 Å². The summed E-state index contributed by atoms with van der Waals surface area (Å²) in [7, 11) is 0. The minimum absolute atomic E-state index is 0. The van der Waals surface area contributed by atoms with Crippen molar-refractivity contribution in [1.82, 2.24) is 58.4 Å².